The van der Waals surface area contributed by atoms with Crippen LogP contribution in [0.15, 0.2) is 36.7 Å². The zero-order valence-electron chi connectivity index (χ0n) is 12.8. The molecule has 26 heavy (non-hydrogen) atoms. The van der Waals surface area contributed by atoms with Gasteiger partial charge in [0.15, 0.2) is 11.5 Å². The molecule has 136 valence electrons. The second kappa shape index (κ2) is 7.38. The predicted octanol–water partition coefficient (Wildman–Crippen LogP) is 4.22. The van der Waals surface area contributed by atoms with Crippen molar-refractivity contribution in [3.8, 4) is 0 Å². The molecular formula is C15H10Cl2F3N5O. The topological polar surface area (TPSA) is 64.7 Å². The van der Waals surface area contributed by atoms with Gasteiger partial charge in [-0.05, 0) is 18.2 Å². The molecule has 0 atom stereocenters. The van der Waals surface area contributed by atoms with Crippen molar-refractivity contribution in [3.63, 3.8) is 0 Å². The van der Waals surface area contributed by atoms with Gasteiger partial charge in [0, 0.05) is 23.0 Å². The number of nitrogens with one attached hydrogen (secondary N) is 1. The third-order valence-electron chi connectivity index (χ3n) is 3.37. The van der Waals surface area contributed by atoms with E-state index in [0.717, 1.165) is 12.3 Å². The molecule has 2 aromatic heterocycles. The third-order valence-corrected chi connectivity index (χ3v) is 4.00. The highest BCUT2D eigenvalue weighted by Gasteiger charge is 2.17. The maximum Gasteiger partial charge on any atom is 0.333 e. The molecule has 0 aliphatic rings. The van der Waals surface area contributed by atoms with Crippen LogP contribution in [0.1, 0.15) is 22.6 Å². The minimum absolute atomic E-state index is 0.0128. The Morgan fingerprint density at radius 1 is 1.19 bits per heavy atom. The van der Waals surface area contributed by atoms with Crippen LogP contribution < -0.4 is 5.32 Å². The summed E-state index contributed by atoms with van der Waals surface area (Å²) in [5.74, 6) is -1.29. The average Bonchev–Trinajstić information content (AvgIpc) is 3.19. The molecule has 0 fully saturated rings. The number of carbonyl (C=O) groups is 1. The summed E-state index contributed by atoms with van der Waals surface area (Å²) >= 11 is 12.0. The van der Waals surface area contributed by atoms with Crippen LogP contribution in [0, 0.1) is 5.82 Å². The van der Waals surface area contributed by atoms with Crippen molar-refractivity contribution in [2.24, 2.45) is 0 Å². The number of benzene rings is 1. The maximum atomic E-state index is 13.8. The third kappa shape index (κ3) is 3.83. The van der Waals surface area contributed by atoms with Crippen LogP contribution in [0.3, 0.4) is 0 Å². The number of nitrogens with zero attached hydrogens (tertiary/aromatic N) is 4. The quantitative estimate of drug-likeness (QED) is 0.693. The van der Waals surface area contributed by atoms with Gasteiger partial charge < -0.3 is 5.32 Å². The van der Waals surface area contributed by atoms with E-state index >= 15 is 0 Å². The molecule has 0 aliphatic carbocycles. The second-order valence-corrected chi connectivity index (χ2v) is 5.95. The molecule has 0 radical (unpaired) electrons. The predicted molar refractivity (Wildman–Crippen MR) is 89.2 cm³/mol. The number of anilines is 1. The van der Waals surface area contributed by atoms with Gasteiger partial charge in [0.25, 0.3) is 5.91 Å². The normalized spacial score (nSPS) is 11.2. The molecule has 6 nitrogen and oxygen atoms in total. The van der Waals surface area contributed by atoms with Crippen LogP contribution in [0.4, 0.5) is 19.0 Å². The number of alkyl halides is 2. The van der Waals surface area contributed by atoms with E-state index in [1.54, 1.807) is 0 Å². The molecular weight excluding hydrogens is 394 g/mol. The summed E-state index contributed by atoms with van der Waals surface area (Å²) in [6.07, 6.45) is 2.34. The summed E-state index contributed by atoms with van der Waals surface area (Å²) in [5, 5.41) is 10.2. The summed E-state index contributed by atoms with van der Waals surface area (Å²) < 4.78 is 40.5. The number of amides is 1. The van der Waals surface area contributed by atoms with E-state index in [2.05, 4.69) is 15.5 Å². The fourth-order valence-electron chi connectivity index (χ4n) is 2.15. The minimum atomic E-state index is -2.86. The van der Waals surface area contributed by atoms with Gasteiger partial charge in [0.2, 0.25) is 0 Å². The van der Waals surface area contributed by atoms with Crippen LogP contribution >= 0.6 is 23.2 Å². The SMILES string of the molecule is O=C(Nc1nn(Cc2c(F)cccc2Cl)cc1Cl)c1ccn(C(F)F)n1. The molecule has 0 bridgehead atoms. The molecule has 0 saturated heterocycles. The summed E-state index contributed by atoms with van der Waals surface area (Å²) in [4.78, 5) is 12.1. The smallest absolute Gasteiger partial charge is 0.302 e. The number of hydrogen-bond donors (Lipinski definition) is 1. The van der Waals surface area contributed by atoms with Crippen molar-refractivity contribution in [2.45, 2.75) is 13.1 Å². The van der Waals surface area contributed by atoms with Crippen LogP contribution in [0.25, 0.3) is 0 Å². The van der Waals surface area contributed by atoms with Gasteiger partial charge in [0.05, 0.1) is 6.54 Å². The summed E-state index contributed by atoms with van der Waals surface area (Å²) in [6, 6.07) is 5.40. The largest absolute Gasteiger partial charge is 0.333 e. The highest BCUT2D eigenvalue weighted by atomic mass is 35.5. The summed E-state index contributed by atoms with van der Waals surface area (Å²) in [7, 11) is 0. The van der Waals surface area contributed by atoms with E-state index in [-0.39, 0.29) is 33.7 Å². The minimum Gasteiger partial charge on any atom is -0.302 e. The molecule has 11 heteroatoms. The maximum absolute atomic E-state index is 13.8. The van der Waals surface area contributed by atoms with Gasteiger partial charge in [-0.2, -0.15) is 19.0 Å². The van der Waals surface area contributed by atoms with Gasteiger partial charge in [-0.15, -0.1) is 0 Å². The van der Waals surface area contributed by atoms with Crippen LogP contribution in [-0.2, 0) is 6.54 Å². The highest BCUT2D eigenvalue weighted by molar-refractivity contribution is 6.33. The lowest BCUT2D eigenvalue weighted by Gasteiger charge is -2.05. The van der Waals surface area contributed by atoms with Gasteiger partial charge in [-0.3, -0.25) is 9.48 Å². The van der Waals surface area contributed by atoms with Crippen LogP contribution in [-0.4, -0.2) is 25.5 Å². The molecule has 1 N–H and O–H groups in total. The molecule has 0 aliphatic heterocycles. The molecule has 0 unspecified atom stereocenters. The van der Waals surface area contributed by atoms with E-state index in [1.165, 1.54) is 29.1 Å². The second-order valence-electron chi connectivity index (χ2n) is 5.14. The summed E-state index contributed by atoms with van der Waals surface area (Å²) in [6.45, 7) is -2.87. The highest BCUT2D eigenvalue weighted by Crippen LogP contribution is 2.24. The lowest BCUT2D eigenvalue weighted by molar-refractivity contribution is 0.0561. The standard InChI is InChI=1S/C15H10Cl2F3N5O/c16-9-2-1-3-11(18)8(9)6-24-7-10(17)13(23-24)21-14(26)12-4-5-25(22-12)15(19)20/h1-5,7,15H,6H2,(H,21,23,26). The first-order valence-electron chi connectivity index (χ1n) is 7.15. The van der Waals surface area contributed by atoms with Crippen LogP contribution in [0.2, 0.25) is 10.0 Å². The number of hydrogen-bond acceptors (Lipinski definition) is 3. The van der Waals surface area contributed by atoms with Crippen molar-refractivity contribution in [3.05, 3.63) is 63.8 Å². The summed E-state index contributed by atoms with van der Waals surface area (Å²) in [5.41, 5.74) is -0.0186. The Bertz CT molecular complexity index is 936. The van der Waals surface area contributed by atoms with Gasteiger partial charge >= 0.3 is 6.55 Å². The Kier molecular flexibility index (Phi) is 5.19. The van der Waals surface area contributed by atoms with E-state index in [1.807, 2.05) is 0 Å². The Hall–Kier alpha value is -2.52. The van der Waals surface area contributed by atoms with Crippen molar-refractivity contribution in [1.82, 2.24) is 19.6 Å². The van der Waals surface area contributed by atoms with Gasteiger partial charge in [-0.25, -0.2) is 9.07 Å². The van der Waals surface area contributed by atoms with E-state index in [0.29, 0.717) is 4.68 Å². The molecule has 3 rings (SSSR count). The first-order chi connectivity index (χ1) is 12.3. The molecule has 1 amide bonds. The molecule has 1 aromatic carbocycles. The van der Waals surface area contributed by atoms with Crippen molar-refractivity contribution in [2.75, 3.05) is 5.32 Å². The first kappa shape index (κ1) is 18.3. The zero-order valence-corrected chi connectivity index (χ0v) is 14.3. The fourth-order valence-corrected chi connectivity index (χ4v) is 2.57. The van der Waals surface area contributed by atoms with E-state index in [9.17, 15) is 18.0 Å². The zero-order chi connectivity index (χ0) is 18.8. The number of halogens is 5. The lowest BCUT2D eigenvalue weighted by Crippen LogP contribution is -2.14. The first-order valence-corrected chi connectivity index (χ1v) is 7.91. The molecule has 2 heterocycles. The average molecular weight is 404 g/mol. The number of aromatic nitrogens is 4. The Morgan fingerprint density at radius 2 is 1.96 bits per heavy atom. The Balaban J connectivity index is 1.76. The lowest BCUT2D eigenvalue weighted by atomic mass is 10.2. The Labute approximate surface area is 155 Å². The van der Waals surface area contributed by atoms with E-state index < -0.39 is 18.3 Å². The number of rotatable bonds is 5. The molecule has 0 saturated carbocycles. The van der Waals surface area contributed by atoms with Gasteiger partial charge in [-0.1, -0.05) is 29.3 Å². The molecule has 0 spiro atoms. The van der Waals surface area contributed by atoms with Crippen molar-refractivity contribution < 1.29 is 18.0 Å². The monoisotopic (exact) mass is 403 g/mol. The number of carbonyl (C=O) groups excluding carboxylic acids is 1. The molecule has 3 aromatic rings. The van der Waals surface area contributed by atoms with Gasteiger partial charge in [0.1, 0.15) is 10.8 Å². The Morgan fingerprint density at radius 3 is 2.62 bits per heavy atom. The van der Waals surface area contributed by atoms with Crippen LogP contribution in [0.5, 0.6) is 0 Å². The van der Waals surface area contributed by atoms with Crippen molar-refractivity contribution >= 4 is 34.9 Å². The fraction of sp³-hybridized carbons (Fsp3) is 0.133. The van der Waals surface area contributed by atoms with Crippen molar-refractivity contribution in [1.29, 1.82) is 0 Å². The van der Waals surface area contributed by atoms with E-state index in [4.69, 9.17) is 23.2 Å².